The Kier molecular flexibility index (Phi) is 6.61. The van der Waals surface area contributed by atoms with Crippen molar-refractivity contribution in [3.05, 3.63) is 80.6 Å². The molecule has 9 heteroatoms. The number of rotatable bonds is 4. The van der Waals surface area contributed by atoms with Gasteiger partial charge in [0.2, 0.25) is 10.0 Å². The molecule has 1 fully saturated rings. The van der Waals surface area contributed by atoms with Crippen LogP contribution in [0.25, 0.3) is 5.69 Å². The second-order valence-electron chi connectivity index (χ2n) is 8.36. The standard InChI is InChI=1S/C24H27ClN4O3S/c1-17-15-19(3)22(16-18(17)2)33(31,32)28-12-4-11-27(13-14-28)23-9-10-24(30)29(26-23)21-7-5-20(25)6-8-21/h5-10,15-16H,4,11-14H2,1-3H3. The molecular weight excluding hydrogens is 460 g/mol. The molecule has 7 nitrogen and oxygen atoms in total. The minimum Gasteiger partial charge on any atom is -0.354 e. The van der Waals surface area contributed by atoms with E-state index in [9.17, 15) is 13.2 Å². The van der Waals surface area contributed by atoms with E-state index in [2.05, 4.69) is 5.10 Å². The third-order valence-corrected chi connectivity index (χ3v) is 8.34. The fraction of sp³-hybridized carbons (Fsp3) is 0.333. The van der Waals surface area contributed by atoms with Crippen molar-refractivity contribution in [2.75, 3.05) is 31.1 Å². The number of hydrogen-bond acceptors (Lipinski definition) is 5. The maximum Gasteiger partial charge on any atom is 0.271 e. The van der Waals surface area contributed by atoms with E-state index in [0.717, 1.165) is 16.7 Å². The minimum atomic E-state index is -3.60. The van der Waals surface area contributed by atoms with Crippen LogP contribution in [0.3, 0.4) is 0 Å². The molecule has 33 heavy (non-hydrogen) atoms. The monoisotopic (exact) mass is 486 g/mol. The van der Waals surface area contributed by atoms with Crippen LogP contribution in [0, 0.1) is 20.8 Å². The predicted octanol–water partition coefficient (Wildman–Crippen LogP) is 3.71. The number of aryl methyl sites for hydroxylation is 3. The lowest BCUT2D eigenvalue weighted by atomic mass is 10.1. The van der Waals surface area contributed by atoms with Gasteiger partial charge in [0.1, 0.15) is 5.82 Å². The molecule has 1 aliphatic heterocycles. The maximum absolute atomic E-state index is 13.4. The molecule has 0 unspecified atom stereocenters. The quantitative estimate of drug-likeness (QED) is 0.562. The summed E-state index contributed by atoms with van der Waals surface area (Å²) in [7, 11) is -3.60. The summed E-state index contributed by atoms with van der Waals surface area (Å²) in [5, 5.41) is 5.12. The smallest absolute Gasteiger partial charge is 0.271 e. The number of nitrogens with zero attached hydrogens (tertiary/aromatic N) is 4. The highest BCUT2D eigenvalue weighted by Gasteiger charge is 2.29. The molecule has 174 valence electrons. The SMILES string of the molecule is Cc1cc(C)c(S(=O)(=O)N2CCCN(c3ccc(=O)n(-c4ccc(Cl)cc4)n3)CC2)cc1C. The average molecular weight is 487 g/mol. The van der Waals surface area contributed by atoms with Gasteiger partial charge in [0.25, 0.3) is 5.56 Å². The Bertz CT molecular complexity index is 1340. The van der Waals surface area contributed by atoms with E-state index in [4.69, 9.17) is 11.6 Å². The van der Waals surface area contributed by atoms with Crippen molar-refractivity contribution >= 4 is 27.4 Å². The summed E-state index contributed by atoms with van der Waals surface area (Å²) in [6, 6.07) is 13.8. The number of halogens is 1. The van der Waals surface area contributed by atoms with E-state index >= 15 is 0 Å². The number of anilines is 1. The van der Waals surface area contributed by atoms with Crippen LogP contribution >= 0.6 is 11.6 Å². The molecule has 0 amide bonds. The first-order valence-electron chi connectivity index (χ1n) is 10.9. The van der Waals surface area contributed by atoms with Gasteiger partial charge in [-0.1, -0.05) is 17.7 Å². The third-order valence-electron chi connectivity index (χ3n) is 6.05. The molecule has 0 bridgehead atoms. The summed E-state index contributed by atoms with van der Waals surface area (Å²) in [5.41, 5.74) is 3.18. The van der Waals surface area contributed by atoms with Crippen LogP contribution in [-0.2, 0) is 10.0 Å². The average Bonchev–Trinajstić information content (AvgIpc) is 3.04. The molecule has 0 spiro atoms. The van der Waals surface area contributed by atoms with E-state index < -0.39 is 10.0 Å². The summed E-state index contributed by atoms with van der Waals surface area (Å²) in [6.07, 6.45) is 0.658. The summed E-state index contributed by atoms with van der Waals surface area (Å²) in [4.78, 5) is 14.8. The Hall–Kier alpha value is -2.68. The van der Waals surface area contributed by atoms with E-state index in [-0.39, 0.29) is 5.56 Å². The van der Waals surface area contributed by atoms with Crippen LogP contribution in [-0.4, -0.2) is 48.7 Å². The van der Waals surface area contributed by atoms with Gasteiger partial charge in [-0.3, -0.25) is 4.79 Å². The van der Waals surface area contributed by atoms with Gasteiger partial charge in [0.05, 0.1) is 10.6 Å². The lowest BCUT2D eigenvalue weighted by molar-refractivity contribution is 0.432. The molecule has 0 saturated carbocycles. The molecule has 4 rings (SSSR count). The van der Waals surface area contributed by atoms with Crippen molar-refractivity contribution in [3.63, 3.8) is 0 Å². The molecule has 1 aromatic heterocycles. The van der Waals surface area contributed by atoms with Gasteiger partial charge >= 0.3 is 0 Å². The fourth-order valence-corrected chi connectivity index (χ4v) is 5.94. The highest BCUT2D eigenvalue weighted by molar-refractivity contribution is 7.89. The van der Waals surface area contributed by atoms with Gasteiger partial charge in [-0.25, -0.2) is 8.42 Å². The third kappa shape index (κ3) is 4.83. The normalized spacial score (nSPS) is 15.5. The molecule has 0 radical (unpaired) electrons. The number of sulfonamides is 1. The Morgan fingerprint density at radius 2 is 1.55 bits per heavy atom. The Labute approximate surface area is 199 Å². The Morgan fingerprint density at radius 1 is 0.848 bits per heavy atom. The largest absolute Gasteiger partial charge is 0.354 e. The van der Waals surface area contributed by atoms with E-state index in [1.165, 1.54) is 10.7 Å². The number of benzene rings is 2. The van der Waals surface area contributed by atoms with Gasteiger partial charge in [-0.15, -0.1) is 5.10 Å². The fourth-order valence-electron chi connectivity index (χ4n) is 4.05. The minimum absolute atomic E-state index is 0.245. The van der Waals surface area contributed by atoms with Crippen molar-refractivity contribution in [3.8, 4) is 5.69 Å². The molecule has 1 saturated heterocycles. The van der Waals surface area contributed by atoms with Gasteiger partial charge in [-0.2, -0.15) is 8.99 Å². The second-order valence-corrected chi connectivity index (χ2v) is 10.7. The first-order valence-corrected chi connectivity index (χ1v) is 12.7. The first-order chi connectivity index (χ1) is 15.7. The van der Waals surface area contributed by atoms with Crippen LogP contribution in [0.5, 0.6) is 0 Å². The lowest BCUT2D eigenvalue weighted by Gasteiger charge is -2.23. The van der Waals surface area contributed by atoms with Crippen molar-refractivity contribution < 1.29 is 8.42 Å². The summed E-state index contributed by atoms with van der Waals surface area (Å²) in [6.45, 7) is 7.66. The van der Waals surface area contributed by atoms with Crippen LogP contribution in [0.15, 0.2) is 58.2 Å². The van der Waals surface area contributed by atoms with Crippen LogP contribution in [0.1, 0.15) is 23.1 Å². The highest BCUT2D eigenvalue weighted by atomic mass is 35.5. The zero-order valence-electron chi connectivity index (χ0n) is 19.0. The van der Waals surface area contributed by atoms with Crippen LogP contribution in [0.4, 0.5) is 5.82 Å². The van der Waals surface area contributed by atoms with Crippen molar-refractivity contribution in [2.45, 2.75) is 32.1 Å². The lowest BCUT2D eigenvalue weighted by Crippen LogP contribution is -2.36. The number of aromatic nitrogens is 2. The molecule has 2 heterocycles. The molecule has 0 N–H and O–H groups in total. The molecule has 0 aliphatic carbocycles. The van der Waals surface area contributed by atoms with Gasteiger partial charge in [0.15, 0.2) is 0 Å². The molecule has 0 atom stereocenters. The molecule has 1 aliphatic rings. The summed E-state index contributed by atoms with van der Waals surface area (Å²) >= 11 is 5.96. The first kappa shape index (κ1) is 23.5. The maximum atomic E-state index is 13.4. The van der Waals surface area contributed by atoms with Gasteiger partial charge < -0.3 is 4.90 Å². The van der Waals surface area contributed by atoms with Crippen LogP contribution in [0.2, 0.25) is 5.02 Å². The zero-order valence-corrected chi connectivity index (χ0v) is 20.5. The van der Waals surface area contributed by atoms with Gasteiger partial charge in [0, 0.05) is 37.3 Å². The van der Waals surface area contributed by atoms with E-state index in [1.54, 1.807) is 40.7 Å². The second kappa shape index (κ2) is 9.29. The van der Waals surface area contributed by atoms with Crippen molar-refractivity contribution in [1.29, 1.82) is 0 Å². The Balaban J connectivity index is 1.58. The van der Waals surface area contributed by atoms with Crippen LogP contribution < -0.4 is 10.5 Å². The highest BCUT2D eigenvalue weighted by Crippen LogP contribution is 2.25. The summed E-state index contributed by atoms with van der Waals surface area (Å²) in [5.74, 6) is 0.631. The zero-order chi connectivity index (χ0) is 23.8. The predicted molar refractivity (Wildman–Crippen MR) is 131 cm³/mol. The van der Waals surface area contributed by atoms with E-state index in [1.807, 2.05) is 31.7 Å². The van der Waals surface area contributed by atoms with Crippen molar-refractivity contribution in [2.24, 2.45) is 0 Å². The summed E-state index contributed by atoms with van der Waals surface area (Å²) < 4.78 is 29.7. The molecule has 2 aromatic carbocycles. The number of hydrogen-bond donors (Lipinski definition) is 0. The Morgan fingerprint density at radius 3 is 2.27 bits per heavy atom. The topological polar surface area (TPSA) is 75.5 Å². The van der Waals surface area contributed by atoms with E-state index in [0.29, 0.717) is 54.0 Å². The molecule has 3 aromatic rings. The van der Waals surface area contributed by atoms with Gasteiger partial charge in [-0.05, 0) is 80.3 Å². The van der Waals surface area contributed by atoms with Crippen molar-refractivity contribution in [1.82, 2.24) is 14.1 Å². The molecular formula is C24H27ClN4O3S.